The van der Waals surface area contributed by atoms with Gasteiger partial charge in [-0.05, 0) is 49.1 Å². The largest absolute Gasteiger partial charge is 0.497 e. The second kappa shape index (κ2) is 9.99. The minimum absolute atomic E-state index is 0.163. The molecule has 2 amide bonds. The topological polar surface area (TPSA) is 89.8 Å². The van der Waals surface area contributed by atoms with Crippen LogP contribution in [0.15, 0.2) is 48.7 Å². The van der Waals surface area contributed by atoms with E-state index in [1.807, 2.05) is 40.9 Å². The van der Waals surface area contributed by atoms with E-state index in [4.69, 9.17) is 9.47 Å². The van der Waals surface area contributed by atoms with Gasteiger partial charge in [0.1, 0.15) is 5.75 Å². The fourth-order valence-electron chi connectivity index (χ4n) is 4.38. The Morgan fingerprint density at radius 2 is 1.97 bits per heavy atom. The Morgan fingerprint density at radius 1 is 1.19 bits per heavy atom. The van der Waals surface area contributed by atoms with E-state index in [1.165, 1.54) is 5.56 Å². The molecule has 1 unspecified atom stereocenters. The first-order valence-corrected chi connectivity index (χ1v) is 11.2. The molecule has 1 atom stereocenters. The number of methoxy groups -OCH3 is 1. The molecular weight excluding hydrogens is 406 g/mol. The predicted molar refractivity (Wildman–Crippen MR) is 122 cm³/mol. The average Bonchev–Trinajstić information content (AvgIpc) is 3.27. The van der Waals surface area contributed by atoms with Gasteiger partial charge < -0.3 is 20.1 Å². The third-order valence-electron chi connectivity index (χ3n) is 6.27. The van der Waals surface area contributed by atoms with E-state index in [1.54, 1.807) is 7.11 Å². The second-order valence-corrected chi connectivity index (χ2v) is 8.28. The maximum atomic E-state index is 12.9. The number of urea groups is 1. The summed E-state index contributed by atoms with van der Waals surface area (Å²) in [6, 6.07) is 13.5. The zero-order valence-corrected chi connectivity index (χ0v) is 18.7. The van der Waals surface area contributed by atoms with Gasteiger partial charge in [-0.1, -0.05) is 31.5 Å². The lowest BCUT2D eigenvalue weighted by Gasteiger charge is -2.38. The van der Waals surface area contributed by atoms with Crippen LogP contribution >= 0.6 is 0 Å². The van der Waals surface area contributed by atoms with Gasteiger partial charge in [-0.25, -0.2) is 4.79 Å². The summed E-state index contributed by atoms with van der Waals surface area (Å²) >= 11 is 0. The zero-order valence-electron chi connectivity index (χ0n) is 18.7. The van der Waals surface area contributed by atoms with Crippen LogP contribution in [0.2, 0.25) is 0 Å². The van der Waals surface area contributed by atoms with E-state index < -0.39 is 0 Å². The molecule has 3 aromatic rings. The van der Waals surface area contributed by atoms with E-state index >= 15 is 0 Å². The van der Waals surface area contributed by atoms with Crippen LogP contribution in [-0.4, -0.2) is 47.5 Å². The number of amides is 2. The third kappa shape index (κ3) is 4.70. The first-order chi connectivity index (χ1) is 15.6. The lowest BCUT2D eigenvalue weighted by molar-refractivity contribution is 0.0506. The Balaban J connectivity index is 1.47. The number of ether oxygens (including phenoxy) is 2. The van der Waals surface area contributed by atoms with Crippen molar-refractivity contribution >= 4 is 11.7 Å². The van der Waals surface area contributed by atoms with Crippen LogP contribution in [-0.2, 0) is 10.2 Å². The molecule has 170 valence electrons. The van der Waals surface area contributed by atoms with Crippen molar-refractivity contribution in [3.05, 3.63) is 60.0 Å². The fourth-order valence-corrected chi connectivity index (χ4v) is 4.38. The van der Waals surface area contributed by atoms with Gasteiger partial charge in [0.05, 0.1) is 13.2 Å². The lowest BCUT2D eigenvalue weighted by atomic mass is 9.74. The number of carbonyl (C=O) groups is 1. The molecule has 0 bridgehead atoms. The lowest BCUT2D eigenvalue weighted by Crippen LogP contribution is -2.48. The molecule has 0 radical (unpaired) electrons. The number of nitrogens with zero attached hydrogens (tertiary/aromatic N) is 3. The van der Waals surface area contributed by atoms with Crippen molar-refractivity contribution in [2.45, 2.75) is 44.1 Å². The summed E-state index contributed by atoms with van der Waals surface area (Å²) in [6.45, 7) is 3.99. The Bertz CT molecular complexity index is 1030. The fraction of sp³-hybridized carbons (Fsp3) is 0.458. The Morgan fingerprint density at radius 3 is 2.69 bits per heavy atom. The molecule has 0 saturated carbocycles. The standard InChI is InChI=1S/C24H31N5O3/c1-3-6-20(22-28-27-21-7-4-5-14-29(21)22)26-23(30)25-17-24(12-15-32-16-13-24)18-8-10-19(31-2)11-9-18/h4-5,7-11,14,20H,3,6,12-13,15-17H2,1-2H3,(H2,25,26,30). The average molecular weight is 438 g/mol. The van der Waals surface area contributed by atoms with E-state index in [9.17, 15) is 4.79 Å². The van der Waals surface area contributed by atoms with Crippen LogP contribution in [0.5, 0.6) is 5.75 Å². The number of hydrogen-bond acceptors (Lipinski definition) is 5. The molecular formula is C24H31N5O3. The third-order valence-corrected chi connectivity index (χ3v) is 6.27. The monoisotopic (exact) mass is 437 g/mol. The van der Waals surface area contributed by atoms with E-state index in [-0.39, 0.29) is 17.5 Å². The van der Waals surface area contributed by atoms with Crippen LogP contribution in [0.25, 0.3) is 5.65 Å². The predicted octanol–water partition coefficient (Wildman–Crippen LogP) is 3.63. The van der Waals surface area contributed by atoms with Crippen molar-refractivity contribution in [2.75, 3.05) is 26.9 Å². The molecule has 32 heavy (non-hydrogen) atoms. The summed E-state index contributed by atoms with van der Waals surface area (Å²) in [4.78, 5) is 12.9. The normalized spacial score (nSPS) is 16.4. The van der Waals surface area contributed by atoms with Gasteiger partial charge in [-0.3, -0.25) is 4.40 Å². The van der Waals surface area contributed by atoms with Crippen LogP contribution < -0.4 is 15.4 Å². The molecule has 2 N–H and O–H groups in total. The van der Waals surface area contributed by atoms with Gasteiger partial charge in [0.15, 0.2) is 11.5 Å². The second-order valence-electron chi connectivity index (χ2n) is 8.28. The van der Waals surface area contributed by atoms with Gasteiger partial charge in [0.25, 0.3) is 0 Å². The Hall–Kier alpha value is -3.13. The van der Waals surface area contributed by atoms with Crippen molar-refractivity contribution in [1.29, 1.82) is 0 Å². The molecule has 1 fully saturated rings. The maximum absolute atomic E-state index is 12.9. The van der Waals surface area contributed by atoms with E-state index in [2.05, 4.69) is 39.9 Å². The van der Waals surface area contributed by atoms with Crippen LogP contribution in [0, 0.1) is 0 Å². The zero-order chi connectivity index (χ0) is 22.4. The summed E-state index contributed by atoms with van der Waals surface area (Å²) < 4.78 is 12.8. The molecule has 3 heterocycles. The first kappa shape index (κ1) is 22.1. The van der Waals surface area contributed by atoms with Crippen LogP contribution in [0.4, 0.5) is 4.79 Å². The van der Waals surface area contributed by atoms with Gasteiger partial charge >= 0.3 is 6.03 Å². The highest BCUT2D eigenvalue weighted by Gasteiger charge is 2.35. The van der Waals surface area contributed by atoms with Gasteiger partial charge in [-0.2, -0.15) is 0 Å². The summed E-state index contributed by atoms with van der Waals surface area (Å²) in [7, 11) is 1.66. The highest BCUT2D eigenvalue weighted by molar-refractivity contribution is 5.74. The van der Waals surface area contributed by atoms with Crippen molar-refractivity contribution < 1.29 is 14.3 Å². The minimum Gasteiger partial charge on any atom is -0.497 e. The molecule has 1 saturated heterocycles. The number of fused-ring (bicyclic) bond motifs is 1. The Kier molecular flexibility index (Phi) is 6.90. The van der Waals surface area contributed by atoms with Gasteiger partial charge in [0.2, 0.25) is 0 Å². The molecule has 1 aliphatic heterocycles. The van der Waals surface area contributed by atoms with Crippen LogP contribution in [0.1, 0.15) is 50.0 Å². The number of aromatic nitrogens is 3. The first-order valence-electron chi connectivity index (χ1n) is 11.2. The number of hydrogen-bond donors (Lipinski definition) is 2. The quantitative estimate of drug-likeness (QED) is 0.562. The molecule has 2 aromatic heterocycles. The molecule has 1 aliphatic rings. The minimum atomic E-state index is -0.218. The van der Waals surface area contributed by atoms with Gasteiger partial charge in [-0.15, -0.1) is 10.2 Å². The summed E-state index contributed by atoms with van der Waals surface area (Å²) in [5.74, 6) is 1.57. The number of benzene rings is 1. The SMILES string of the molecule is CCCC(NC(=O)NCC1(c2ccc(OC)cc2)CCOCC1)c1nnc2ccccn12. The van der Waals surface area contributed by atoms with Crippen molar-refractivity contribution in [3.63, 3.8) is 0 Å². The number of nitrogens with one attached hydrogen (secondary N) is 2. The van der Waals surface area contributed by atoms with E-state index in [0.29, 0.717) is 19.8 Å². The van der Waals surface area contributed by atoms with Crippen molar-refractivity contribution in [1.82, 2.24) is 25.2 Å². The highest BCUT2D eigenvalue weighted by atomic mass is 16.5. The maximum Gasteiger partial charge on any atom is 0.315 e. The highest BCUT2D eigenvalue weighted by Crippen LogP contribution is 2.35. The number of pyridine rings is 1. The number of carbonyl (C=O) groups excluding carboxylic acids is 1. The van der Waals surface area contributed by atoms with E-state index in [0.717, 1.165) is 42.9 Å². The molecule has 8 nitrogen and oxygen atoms in total. The van der Waals surface area contributed by atoms with Crippen molar-refractivity contribution in [3.8, 4) is 5.75 Å². The smallest absolute Gasteiger partial charge is 0.315 e. The Labute approximate surface area is 188 Å². The molecule has 0 aliphatic carbocycles. The summed E-state index contributed by atoms with van der Waals surface area (Å²) in [5.41, 5.74) is 1.80. The molecule has 4 rings (SSSR count). The van der Waals surface area contributed by atoms with Gasteiger partial charge in [0, 0.05) is 31.4 Å². The summed E-state index contributed by atoms with van der Waals surface area (Å²) in [6.07, 6.45) is 5.33. The van der Waals surface area contributed by atoms with Crippen molar-refractivity contribution in [2.24, 2.45) is 0 Å². The molecule has 8 heteroatoms. The number of rotatable bonds is 8. The molecule has 0 spiro atoms. The van der Waals surface area contributed by atoms with Crippen LogP contribution in [0.3, 0.4) is 0 Å². The molecule has 1 aromatic carbocycles. The summed E-state index contributed by atoms with van der Waals surface area (Å²) in [5, 5.41) is 14.8.